The van der Waals surface area contributed by atoms with E-state index in [-0.39, 0.29) is 6.10 Å². The fraction of sp³-hybridized carbons (Fsp3) is 0.583. The second kappa shape index (κ2) is 4.53. The second-order valence-electron chi connectivity index (χ2n) is 4.92. The first-order valence-electron chi connectivity index (χ1n) is 6.28. The lowest BCUT2D eigenvalue weighted by Gasteiger charge is -2.34. The molecule has 6 heteroatoms. The number of β-amino-alcohol motifs (C(OH)–C–C–N with tert-alkyl or cyclic N) is 1. The van der Waals surface area contributed by atoms with Crippen molar-refractivity contribution in [2.75, 3.05) is 18.0 Å². The molecule has 1 aliphatic rings. The summed E-state index contributed by atoms with van der Waals surface area (Å²) in [6.45, 7) is 4.15. The lowest BCUT2D eigenvalue weighted by Crippen LogP contribution is -2.43. The van der Waals surface area contributed by atoms with Crippen LogP contribution < -0.4 is 10.6 Å². The van der Waals surface area contributed by atoms with E-state index in [4.69, 9.17) is 5.73 Å². The van der Waals surface area contributed by atoms with Gasteiger partial charge in [-0.05, 0) is 12.3 Å². The first kappa shape index (κ1) is 12.0. The van der Waals surface area contributed by atoms with Crippen LogP contribution in [0.15, 0.2) is 11.6 Å². The Morgan fingerprint density at radius 1 is 1.61 bits per heavy atom. The van der Waals surface area contributed by atoms with Gasteiger partial charge >= 0.3 is 0 Å². The van der Waals surface area contributed by atoms with Crippen molar-refractivity contribution in [3.63, 3.8) is 0 Å². The molecule has 0 spiro atoms. The standard InChI is InChI=1S/C12H18N4OS/c1-8-2-3-15(7-10(8)17)11-9(6-13)16-4-5-18-12(16)14-11/h4-5,8,10,17H,2-3,6-7,13H2,1H3. The summed E-state index contributed by atoms with van der Waals surface area (Å²) in [5.41, 5.74) is 6.88. The van der Waals surface area contributed by atoms with Crippen LogP contribution in [0.3, 0.4) is 0 Å². The van der Waals surface area contributed by atoms with Crippen molar-refractivity contribution < 1.29 is 5.11 Å². The highest BCUT2D eigenvalue weighted by atomic mass is 32.1. The number of rotatable bonds is 2. The maximum atomic E-state index is 9.99. The van der Waals surface area contributed by atoms with Crippen LogP contribution in [-0.4, -0.2) is 33.7 Å². The SMILES string of the molecule is CC1CCN(c2nc3sccn3c2CN)CC1O. The van der Waals surface area contributed by atoms with Crippen LogP contribution >= 0.6 is 11.3 Å². The van der Waals surface area contributed by atoms with Gasteiger partial charge in [0.05, 0.1) is 11.8 Å². The van der Waals surface area contributed by atoms with Crippen molar-refractivity contribution in [2.45, 2.75) is 26.0 Å². The van der Waals surface area contributed by atoms with Gasteiger partial charge in [0.15, 0.2) is 10.8 Å². The van der Waals surface area contributed by atoms with E-state index >= 15 is 0 Å². The third-order valence-electron chi connectivity index (χ3n) is 3.75. The second-order valence-corrected chi connectivity index (χ2v) is 5.79. The molecule has 0 aliphatic carbocycles. The summed E-state index contributed by atoms with van der Waals surface area (Å²) < 4.78 is 2.05. The molecular weight excluding hydrogens is 248 g/mol. The first-order valence-corrected chi connectivity index (χ1v) is 7.16. The molecule has 2 aromatic rings. The summed E-state index contributed by atoms with van der Waals surface area (Å²) in [4.78, 5) is 7.77. The molecule has 1 saturated heterocycles. The van der Waals surface area contributed by atoms with Gasteiger partial charge in [0.1, 0.15) is 0 Å². The number of anilines is 1. The molecule has 0 bridgehead atoms. The summed E-state index contributed by atoms with van der Waals surface area (Å²) in [6, 6.07) is 0. The minimum absolute atomic E-state index is 0.274. The van der Waals surface area contributed by atoms with Crippen LogP contribution in [0.2, 0.25) is 0 Å². The number of hydrogen-bond donors (Lipinski definition) is 2. The zero-order valence-electron chi connectivity index (χ0n) is 10.4. The number of hydrogen-bond acceptors (Lipinski definition) is 5. The lowest BCUT2D eigenvalue weighted by molar-refractivity contribution is 0.102. The Bertz CT molecular complexity index is 549. The van der Waals surface area contributed by atoms with Crippen LogP contribution in [0.1, 0.15) is 19.0 Å². The van der Waals surface area contributed by atoms with E-state index in [2.05, 4.69) is 16.8 Å². The average Bonchev–Trinajstić information content (AvgIpc) is 2.92. The van der Waals surface area contributed by atoms with E-state index in [1.807, 2.05) is 16.0 Å². The van der Waals surface area contributed by atoms with Gasteiger partial charge in [-0.25, -0.2) is 4.98 Å². The zero-order chi connectivity index (χ0) is 12.7. The Labute approximate surface area is 110 Å². The predicted octanol–water partition coefficient (Wildman–Crippen LogP) is 1.06. The number of nitrogens with two attached hydrogens (primary N) is 1. The highest BCUT2D eigenvalue weighted by molar-refractivity contribution is 7.15. The number of fused-ring (bicyclic) bond motifs is 1. The van der Waals surface area contributed by atoms with E-state index in [0.29, 0.717) is 19.0 Å². The smallest absolute Gasteiger partial charge is 0.195 e. The number of piperidine rings is 1. The van der Waals surface area contributed by atoms with Gasteiger partial charge in [0, 0.05) is 31.2 Å². The van der Waals surface area contributed by atoms with E-state index in [9.17, 15) is 5.11 Å². The van der Waals surface area contributed by atoms with Gasteiger partial charge in [-0.15, -0.1) is 11.3 Å². The van der Waals surface area contributed by atoms with Crippen LogP contribution in [0.4, 0.5) is 5.82 Å². The molecule has 2 aromatic heterocycles. The monoisotopic (exact) mass is 266 g/mol. The Hall–Kier alpha value is -1.11. The van der Waals surface area contributed by atoms with Crippen LogP contribution in [0.5, 0.6) is 0 Å². The van der Waals surface area contributed by atoms with E-state index in [0.717, 1.165) is 29.4 Å². The van der Waals surface area contributed by atoms with Gasteiger partial charge < -0.3 is 15.7 Å². The minimum Gasteiger partial charge on any atom is -0.391 e. The van der Waals surface area contributed by atoms with Crippen molar-refractivity contribution >= 4 is 22.1 Å². The van der Waals surface area contributed by atoms with E-state index < -0.39 is 0 Å². The molecule has 0 aromatic carbocycles. The summed E-state index contributed by atoms with van der Waals surface area (Å²) >= 11 is 1.61. The molecule has 5 nitrogen and oxygen atoms in total. The number of aromatic nitrogens is 2. The third kappa shape index (κ3) is 1.81. The maximum Gasteiger partial charge on any atom is 0.195 e. The maximum absolute atomic E-state index is 9.99. The molecule has 1 aliphatic heterocycles. The number of aliphatic hydroxyl groups is 1. The van der Waals surface area contributed by atoms with Crippen molar-refractivity contribution in [2.24, 2.45) is 11.7 Å². The number of imidazole rings is 1. The summed E-state index contributed by atoms with van der Waals surface area (Å²) in [5, 5.41) is 12.0. The zero-order valence-corrected chi connectivity index (χ0v) is 11.2. The molecule has 2 unspecified atom stereocenters. The van der Waals surface area contributed by atoms with Crippen molar-refractivity contribution in [3.8, 4) is 0 Å². The Kier molecular flexibility index (Phi) is 3.01. The summed E-state index contributed by atoms with van der Waals surface area (Å²) in [7, 11) is 0. The Morgan fingerprint density at radius 2 is 2.44 bits per heavy atom. The highest BCUT2D eigenvalue weighted by Crippen LogP contribution is 2.28. The van der Waals surface area contributed by atoms with E-state index in [1.54, 1.807) is 11.3 Å². The van der Waals surface area contributed by atoms with Crippen LogP contribution in [0.25, 0.3) is 4.96 Å². The molecule has 3 heterocycles. The van der Waals surface area contributed by atoms with Gasteiger partial charge in [-0.2, -0.15) is 0 Å². The number of thiazole rings is 1. The van der Waals surface area contributed by atoms with Gasteiger partial charge in [-0.1, -0.05) is 6.92 Å². The Balaban J connectivity index is 1.96. The summed E-state index contributed by atoms with van der Waals surface area (Å²) in [6.07, 6.45) is 2.72. The molecule has 0 saturated carbocycles. The van der Waals surface area contributed by atoms with Crippen molar-refractivity contribution in [3.05, 3.63) is 17.3 Å². The minimum atomic E-state index is -0.274. The molecule has 3 N–H and O–H groups in total. The largest absolute Gasteiger partial charge is 0.391 e. The first-order chi connectivity index (χ1) is 8.70. The van der Waals surface area contributed by atoms with E-state index in [1.165, 1.54) is 0 Å². The topological polar surface area (TPSA) is 66.8 Å². The van der Waals surface area contributed by atoms with Gasteiger partial charge in [-0.3, -0.25) is 4.40 Å². The predicted molar refractivity (Wildman–Crippen MR) is 73.0 cm³/mol. The van der Waals surface area contributed by atoms with Crippen molar-refractivity contribution in [1.29, 1.82) is 0 Å². The fourth-order valence-electron chi connectivity index (χ4n) is 2.51. The molecule has 3 rings (SSSR count). The Morgan fingerprint density at radius 3 is 3.17 bits per heavy atom. The molecular formula is C12H18N4OS. The molecule has 2 atom stereocenters. The molecule has 18 heavy (non-hydrogen) atoms. The van der Waals surface area contributed by atoms with Crippen LogP contribution in [0, 0.1) is 5.92 Å². The average molecular weight is 266 g/mol. The normalized spacial score (nSPS) is 24.9. The lowest BCUT2D eigenvalue weighted by atomic mass is 9.96. The fourth-order valence-corrected chi connectivity index (χ4v) is 3.23. The van der Waals surface area contributed by atoms with Gasteiger partial charge in [0.25, 0.3) is 0 Å². The van der Waals surface area contributed by atoms with Crippen molar-refractivity contribution in [1.82, 2.24) is 9.38 Å². The third-order valence-corrected chi connectivity index (χ3v) is 4.51. The molecule has 0 radical (unpaired) electrons. The summed E-state index contributed by atoms with van der Waals surface area (Å²) in [5.74, 6) is 1.31. The molecule has 98 valence electrons. The van der Waals surface area contributed by atoms with Gasteiger partial charge in [0.2, 0.25) is 0 Å². The quantitative estimate of drug-likeness (QED) is 0.853. The number of aliphatic hydroxyl groups excluding tert-OH is 1. The highest BCUT2D eigenvalue weighted by Gasteiger charge is 2.27. The van der Waals surface area contributed by atoms with Crippen LogP contribution in [-0.2, 0) is 6.54 Å². The molecule has 0 amide bonds. The number of nitrogens with zero attached hydrogens (tertiary/aromatic N) is 3. The molecule has 1 fully saturated rings.